The van der Waals surface area contributed by atoms with Crippen molar-refractivity contribution in [2.75, 3.05) is 0 Å². The van der Waals surface area contributed by atoms with E-state index in [0.29, 0.717) is 6.04 Å². The van der Waals surface area contributed by atoms with Crippen LogP contribution in [0, 0.1) is 6.92 Å². The molecule has 1 atom stereocenters. The van der Waals surface area contributed by atoms with Crippen molar-refractivity contribution < 1.29 is 4.42 Å². The number of halogens is 1. The molecule has 0 radical (unpaired) electrons. The van der Waals surface area contributed by atoms with Gasteiger partial charge in [-0.15, -0.1) is 0 Å². The summed E-state index contributed by atoms with van der Waals surface area (Å²) < 4.78 is 5.88. The summed E-state index contributed by atoms with van der Waals surface area (Å²) in [6.07, 6.45) is 1.11. The normalized spacial score (nSPS) is 12.6. The third-order valence-corrected chi connectivity index (χ3v) is 3.84. The van der Waals surface area contributed by atoms with E-state index < -0.39 is 0 Å². The summed E-state index contributed by atoms with van der Waals surface area (Å²) in [5.74, 6) is 1.83. The van der Waals surface area contributed by atoms with E-state index in [1.54, 1.807) is 0 Å². The predicted octanol–water partition coefficient (Wildman–Crippen LogP) is 4.80. The van der Waals surface area contributed by atoms with Gasteiger partial charge in [0.1, 0.15) is 11.5 Å². The lowest BCUT2D eigenvalue weighted by atomic mass is 10.1. The van der Waals surface area contributed by atoms with E-state index in [0.717, 1.165) is 40.6 Å². The van der Waals surface area contributed by atoms with E-state index in [2.05, 4.69) is 19.2 Å². The molecule has 1 aromatic carbocycles. The Labute approximate surface area is 119 Å². The lowest BCUT2D eigenvalue weighted by molar-refractivity contribution is 0.456. The van der Waals surface area contributed by atoms with Crippen LogP contribution in [-0.4, -0.2) is 6.04 Å². The monoisotopic (exact) mass is 277 g/mol. The highest BCUT2D eigenvalue weighted by Gasteiger charge is 2.09. The molecule has 0 aliphatic carbocycles. The largest absolute Gasteiger partial charge is 0.460 e. The van der Waals surface area contributed by atoms with Gasteiger partial charge in [-0.3, -0.25) is 0 Å². The van der Waals surface area contributed by atoms with Gasteiger partial charge < -0.3 is 9.73 Å². The maximum absolute atomic E-state index is 6.14. The molecule has 1 N–H and O–H groups in total. The Kier molecular flexibility index (Phi) is 4.67. The molecule has 0 spiro atoms. The van der Waals surface area contributed by atoms with Crippen LogP contribution in [0.5, 0.6) is 0 Å². The van der Waals surface area contributed by atoms with Gasteiger partial charge in [0.2, 0.25) is 0 Å². The highest BCUT2D eigenvalue weighted by molar-refractivity contribution is 6.31. The van der Waals surface area contributed by atoms with Crippen molar-refractivity contribution in [3.05, 3.63) is 46.7 Å². The Morgan fingerprint density at radius 1 is 1.26 bits per heavy atom. The van der Waals surface area contributed by atoms with Crippen LogP contribution >= 0.6 is 11.6 Å². The molecule has 2 aromatic rings. The third kappa shape index (κ3) is 3.40. The smallest absolute Gasteiger partial charge is 0.134 e. The number of hydrogen-bond donors (Lipinski definition) is 1. The minimum Gasteiger partial charge on any atom is -0.460 e. The molecular weight excluding hydrogens is 258 g/mol. The molecule has 2 rings (SSSR count). The van der Waals surface area contributed by atoms with Crippen LogP contribution in [-0.2, 0) is 6.54 Å². The predicted molar refractivity (Wildman–Crippen MR) is 80.5 cm³/mol. The van der Waals surface area contributed by atoms with E-state index in [1.807, 2.05) is 37.3 Å². The van der Waals surface area contributed by atoms with Crippen LogP contribution in [0.15, 0.2) is 34.7 Å². The molecule has 1 aromatic heterocycles. The second kappa shape index (κ2) is 6.27. The summed E-state index contributed by atoms with van der Waals surface area (Å²) in [5, 5.41) is 4.19. The second-order valence-electron chi connectivity index (χ2n) is 4.87. The van der Waals surface area contributed by atoms with Crippen LogP contribution in [0.1, 0.15) is 31.6 Å². The lowest BCUT2D eigenvalue weighted by Crippen LogP contribution is -2.24. The summed E-state index contributed by atoms with van der Waals surface area (Å²) in [7, 11) is 0. The highest BCUT2D eigenvalue weighted by atomic mass is 35.5. The first-order chi connectivity index (χ1) is 9.11. The Balaban J connectivity index is 2.14. The van der Waals surface area contributed by atoms with Crippen molar-refractivity contribution in [3.63, 3.8) is 0 Å². The molecule has 0 bridgehead atoms. The van der Waals surface area contributed by atoms with Gasteiger partial charge in [-0.05, 0) is 44.0 Å². The van der Waals surface area contributed by atoms with Crippen LogP contribution < -0.4 is 5.32 Å². The standard InChI is InChI=1S/C16H20ClNO/c1-4-11(2)18-10-13-8-9-16(19-13)14-6-5-7-15(17)12(14)3/h5-9,11,18H,4,10H2,1-3H3/t11-/m0/s1. The first kappa shape index (κ1) is 14.2. The zero-order valence-corrected chi connectivity index (χ0v) is 12.4. The SMILES string of the molecule is CC[C@H](C)NCc1ccc(-c2cccc(Cl)c2C)o1. The number of nitrogens with one attached hydrogen (secondary N) is 1. The topological polar surface area (TPSA) is 25.2 Å². The fourth-order valence-electron chi connectivity index (χ4n) is 1.91. The van der Waals surface area contributed by atoms with Gasteiger partial charge in [0.05, 0.1) is 6.54 Å². The highest BCUT2D eigenvalue weighted by Crippen LogP contribution is 2.29. The van der Waals surface area contributed by atoms with E-state index in [-0.39, 0.29) is 0 Å². The molecule has 19 heavy (non-hydrogen) atoms. The maximum atomic E-state index is 6.14. The summed E-state index contributed by atoms with van der Waals surface area (Å²) >= 11 is 6.14. The Morgan fingerprint density at radius 2 is 2.05 bits per heavy atom. The number of rotatable bonds is 5. The van der Waals surface area contributed by atoms with E-state index >= 15 is 0 Å². The molecule has 0 amide bonds. The molecule has 0 fully saturated rings. The molecule has 0 saturated carbocycles. The van der Waals surface area contributed by atoms with Gasteiger partial charge in [0, 0.05) is 16.6 Å². The van der Waals surface area contributed by atoms with Crippen LogP contribution in [0.3, 0.4) is 0 Å². The minimum atomic E-state index is 0.501. The second-order valence-corrected chi connectivity index (χ2v) is 5.28. The van der Waals surface area contributed by atoms with Gasteiger partial charge in [-0.1, -0.05) is 30.7 Å². The van der Waals surface area contributed by atoms with Gasteiger partial charge >= 0.3 is 0 Å². The Morgan fingerprint density at radius 3 is 2.79 bits per heavy atom. The van der Waals surface area contributed by atoms with Crippen molar-refractivity contribution in [2.24, 2.45) is 0 Å². The number of hydrogen-bond acceptors (Lipinski definition) is 2. The molecule has 2 nitrogen and oxygen atoms in total. The fraction of sp³-hybridized carbons (Fsp3) is 0.375. The van der Waals surface area contributed by atoms with Crippen molar-refractivity contribution in [1.29, 1.82) is 0 Å². The zero-order valence-electron chi connectivity index (χ0n) is 11.7. The van der Waals surface area contributed by atoms with Crippen LogP contribution in [0.2, 0.25) is 5.02 Å². The van der Waals surface area contributed by atoms with Crippen LogP contribution in [0.25, 0.3) is 11.3 Å². The summed E-state index contributed by atoms with van der Waals surface area (Å²) in [4.78, 5) is 0. The first-order valence-corrected chi connectivity index (χ1v) is 7.07. The zero-order chi connectivity index (χ0) is 13.8. The molecule has 0 aliphatic heterocycles. The van der Waals surface area contributed by atoms with Crippen LogP contribution in [0.4, 0.5) is 0 Å². The van der Waals surface area contributed by atoms with Crippen molar-refractivity contribution >= 4 is 11.6 Å². The molecule has 0 unspecified atom stereocenters. The molecule has 0 aliphatic rings. The number of furan rings is 1. The fourth-order valence-corrected chi connectivity index (χ4v) is 2.09. The average molecular weight is 278 g/mol. The van der Waals surface area contributed by atoms with E-state index in [1.165, 1.54) is 0 Å². The molecule has 0 saturated heterocycles. The van der Waals surface area contributed by atoms with Gasteiger partial charge in [-0.2, -0.15) is 0 Å². The summed E-state index contributed by atoms with van der Waals surface area (Å²) in [6, 6.07) is 10.4. The van der Waals surface area contributed by atoms with Crippen molar-refractivity contribution in [3.8, 4) is 11.3 Å². The van der Waals surface area contributed by atoms with E-state index in [4.69, 9.17) is 16.0 Å². The summed E-state index contributed by atoms with van der Waals surface area (Å²) in [5.41, 5.74) is 2.11. The summed E-state index contributed by atoms with van der Waals surface area (Å²) in [6.45, 7) is 7.11. The van der Waals surface area contributed by atoms with Crippen molar-refractivity contribution in [2.45, 2.75) is 39.8 Å². The molecule has 1 heterocycles. The quantitative estimate of drug-likeness (QED) is 0.849. The maximum Gasteiger partial charge on any atom is 0.134 e. The van der Waals surface area contributed by atoms with Gasteiger partial charge in [0.15, 0.2) is 0 Å². The third-order valence-electron chi connectivity index (χ3n) is 3.43. The van der Waals surface area contributed by atoms with E-state index in [9.17, 15) is 0 Å². The molecular formula is C16H20ClNO. The molecule has 3 heteroatoms. The Bertz CT molecular complexity index is 547. The van der Waals surface area contributed by atoms with Crippen molar-refractivity contribution in [1.82, 2.24) is 5.32 Å². The first-order valence-electron chi connectivity index (χ1n) is 6.69. The molecule has 102 valence electrons. The number of benzene rings is 1. The Hall–Kier alpha value is -1.25. The lowest BCUT2D eigenvalue weighted by Gasteiger charge is -2.09. The minimum absolute atomic E-state index is 0.501. The van der Waals surface area contributed by atoms with Gasteiger partial charge in [-0.25, -0.2) is 0 Å². The average Bonchev–Trinajstić information content (AvgIpc) is 2.87. The van der Waals surface area contributed by atoms with Gasteiger partial charge in [0.25, 0.3) is 0 Å².